The first-order valence-electron chi connectivity index (χ1n) is 7.64. The lowest BCUT2D eigenvalue weighted by molar-refractivity contribution is -0.161. The van der Waals surface area contributed by atoms with Gasteiger partial charge in [-0.1, -0.05) is 0 Å². The molecule has 8 heteroatoms. The molecule has 0 radical (unpaired) electrons. The molecule has 2 amide bonds. The zero-order valence-electron chi connectivity index (χ0n) is 12.4. The normalized spacial score (nSPS) is 32.3. The smallest absolute Gasteiger partial charge is 0.266 e. The lowest BCUT2D eigenvalue weighted by Crippen LogP contribution is -2.58. The zero-order chi connectivity index (χ0) is 15.8. The molecule has 0 bridgehead atoms. The molecule has 3 aliphatic heterocycles. The first-order chi connectivity index (χ1) is 10.4. The van der Waals surface area contributed by atoms with E-state index in [4.69, 9.17) is 4.74 Å². The van der Waals surface area contributed by atoms with Crippen LogP contribution >= 0.6 is 0 Å². The number of carbonyl (C=O) groups is 2. The van der Waals surface area contributed by atoms with Crippen molar-refractivity contribution in [2.75, 3.05) is 52.5 Å². The number of rotatable bonds is 2. The number of ether oxygens (including phenoxy) is 1. The van der Waals surface area contributed by atoms with E-state index in [0.29, 0.717) is 39.3 Å². The van der Waals surface area contributed by atoms with Crippen molar-refractivity contribution in [3.63, 3.8) is 0 Å². The zero-order valence-corrected chi connectivity index (χ0v) is 12.4. The van der Waals surface area contributed by atoms with Gasteiger partial charge in [-0.3, -0.25) is 14.5 Å². The van der Waals surface area contributed by atoms with Crippen molar-refractivity contribution < 1.29 is 23.1 Å². The Morgan fingerprint density at radius 2 is 2.00 bits per heavy atom. The van der Waals surface area contributed by atoms with Crippen LogP contribution in [-0.4, -0.2) is 80.0 Å². The predicted molar refractivity (Wildman–Crippen MR) is 73.5 cm³/mol. The van der Waals surface area contributed by atoms with Crippen LogP contribution in [0.2, 0.25) is 0 Å². The van der Waals surface area contributed by atoms with E-state index in [2.05, 4.69) is 5.32 Å². The highest BCUT2D eigenvalue weighted by Crippen LogP contribution is 2.43. The first kappa shape index (κ1) is 15.6. The van der Waals surface area contributed by atoms with Crippen LogP contribution in [0.4, 0.5) is 8.78 Å². The van der Waals surface area contributed by atoms with Crippen LogP contribution in [0.25, 0.3) is 0 Å². The van der Waals surface area contributed by atoms with Crippen molar-refractivity contribution in [3.05, 3.63) is 0 Å². The third kappa shape index (κ3) is 3.08. The number of nitrogens with zero attached hydrogens (tertiary/aromatic N) is 2. The number of hydrogen-bond acceptors (Lipinski definition) is 4. The van der Waals surface area contributed by atoms with Gasteiger partial charge in [0.15, 0.2) is 0 Å². The molecule has 0 unspecified atom stereocenters. The van der Waals surface area contributed by atoms with Crippen molar-refractivity contribution >= 4 is 11.8 Å². The maximum Gasteiger partial charge on any atom is 0.266 e. The minimum absolute atomic E-state index is 0.0948. The van der Waals surface area contributed by atoms with Crippen LogP contribution in [0, 0.1) is 5.41 Å². The molecule has 0 saturated carbocycles. The lowest BCUT2D eigenvalue weighted by Gasteiger charge is -2.43. The molecule has 0 aromatic rings. The number of likely N-dealkylation sites (tertiary alicyclic amines) is 1. The van der Waals surface area contributed by atoms with E-state index >= 15 is 0 Å². The summed E-state index contributed by atoms with van der Waals surface area (Å²) in [7, 11) is 0. The van der Waals surface area contributed by atoms with Gasteiger partial charge in [-0.15, -0.1) is 0 Å². The number of morpholine rings is 1. The van der Waals surface area contributed by atoms with Gasteiger partial charge in [-0.05, 0) is 6.42 Å². The molecule has 0 aliphatic carbocycles. The van der Waals surface area contributed by atoms with Crippen LogP contribution in [-0.2, 0) is 14.3 Å². The highest BCUT2D eigenvalue weighted by Gasteiger charge is 2.55. The molecule has 6 nitrogen and oxygen atoms in total. The van der Waals surface area contributed by atoms with Gasteiger partial charge in [0.1, 0.15) is 0 Å². The van der Waals surface area contributed by atoms with Crippen LogP contribution in [0.3, 0.4) is 0 Å². The Hall–Kier alpha value is -1.28. The molecule has 0 aromatic carbocycles. The molecule has 3 saturated heterocycles. The van der Waals surface area contributed by atoms with Gasteiger partial charge in [0.2, 0.25) is 11.8 Å². The van der Waals surface area contributed by atoms with Crippen molar-refractivity contribution in [2.45, 2.75) is 18.8 Å². The molecule has 3 fully saturated rings. The molecule has 22 heavy (non-hydrogen) atoms. The summed E-state index contributed by atoms with van der Waals surface area (Å²) in [6.45, 7) is 2.37. The molecule has 0 aromatic heterocycles. The van der Waals surface area contributed by atoms with Gasteiger partial charge >= 0.3 is 0 Å². The second kappa shape index (κ2) is 5.73. The van der Waals surface area contributed by atoms with Crippen molar-refractivity contribution in [1.82, 2.24) is 15.1 Å². The van der Waals surface area contributed by atoms with Crippen LogP contribution < -0.4 is 5.32 Å². The number of nitrogens with one attached hydrogen (secondary N) is 1. The Labute approximate surface area is 127 Å². The van der Waals surface area contributed by atoms with Gasteiger partial charge in [-0.25, -0.2) is 8.78 Å². The molecule has 124 valence electrons. The fourth-order valence-corrected chi connectivity index (χ4v) is 3.57. The SMILES string of the molecule is O=C(CN1CCOCC1)N1CC(F)(F)C[C@@]2(CCNC2=O)C1. The Morgan fingerprint density at radius 3 is 2.64 bits per heavy atom. The van der Waals surface area contributed by atoms with E-state index < -0.39 is 24.3 Å². The molecule has 3 heterocycles. The summed E-state index contributed by atoms with van der Waals surface area (Å²) in [5, 5.41) is 2.62. The van der Waals surface area contributed by atoms with E-state index in [1.165, 1.54) is 4.90 Å². The molecular weight excluding hydrogens is 296 g/mol. The number of hydrogen-bond donors (Lipinski definition) is 1. The Bertz CT molecular complexity index is 468. The highest BCUT2D eigenvalue weighted by molar-refractivity contribution is 5.87. The monoisotopic (exact) mass is 317 g/mol. The number of piperidine rings is 1. The van der Waals surface area contributed by atoms with Crippen LogP contribution in [0.1, 0.15) is 12.8 Å². The van der Waals surface area contributed by atoms with Crippen molar-refractivity contribution in [3.8, 4) is 0 Å². The third-order valence-corrected chi connectivity index (χ3v) is 4.70. The maximum absolute atomic E-state index is 14.1. The first-order valence-corrected chi connectivity index (χ1v) is 7.64. The molecule has 1 spiro atoms. The van der Waals surface area contributed by atoms with E-state index in [9.17, 15) is 18.4 Å². The summed E-state index contributed by atoms with van der Waals surface area (Å²) in [5.41, 5.74) is -1.12. The standard InChI is InChI=1S/C14H21F2N3O3/c15-14(16)8-13(1-2-17-12(13)21)9-19(10-14)11(20)7-18-3-5-22-6-4-18/h1-10H2,(H,17,21)/t13-/m0/s1. The third-order valence-electron chi connectivity index (χ3n) is 4.70. The largest absolute Gasteiger partial charge is 0.379 e. The summed E-state index contributed by atoms with van der Waals surface area (Å²) >= 11 is 0. The summed E-state index contributed by atoms with van der Waals surface area (Å²) in [6, 6.07) is 0. The van der Waals surface area contributed by atoms with E-state index in [1.54, 1.807) is 0 Å². The van der Waals surface area contributed by atoms with E-state index in [-0.39, 0.29) is 24.9 Å². The Kier molecular flexibility index (Phi) is 4.07. The second-order valence-electron chi connectivity index (χ2n) is 6.46. The summed E-state index contributed by atoms with van der Waals surface area (Å²) in [5.74, 6) is -3.70. The highest BCUT2D eigenvalue weighted by atomic mass is 19.3. The summed E-state index contributed by atoms with van der Waals surface area (Å²) in [4.78, 5) is 27.4. The number of amides is 2. The van der Waals surface area contributed by atoms with E-state index in [0.717, 1.165) is 0 Å². The minimum atomic E-state index is -3.01. The van der Waals surface area contributed by atoms with Crippen molar-refractivity contribution in [2.24, 2.45) is 5.41 Å². The average Bonchev–Trinajstić information content (AvgIpc) is 2.78. The minimum Gasteiger partial charge on any atom is -0.379 e. The lowest BCUT2D eigenvalue weighted by atomic mass is 9.77. The summed E-state index contributed by atoms with van der Waals surface area (Å²) in [6.07, 6.45) is -0.101. The van der Waals surface area contributed by atoms with Gasteiger partial charge in [0, 0.05) is 32.6 Å². The summed E-state index contributed by atoms with van der Waals surface area (Å²) < 4.78 is 33.3. The van der Waals surface area contributed by atoms with Crippen LogP contribution in [0.5, 0.6) is 0 Å². The van der Waals surface area contributed by atoms with Gasteiger partial charge in [0.25, 0.3) is 5.92 Å². The van der Waals surface area contributed by atoms with Gasteiger partial charge in [-0.2, -0.15) is 0 Å². The fourth-order valence-electron chi connectivity index (χ4n) is 3.57. The van der Waals surface area contributed by atoms with Crippen molar-refractivity contribution in [1.29, 1.82) is 0 Å². The van der Waals surface area contributed by atoms with Gasteiger partial charge < -0.3 is 15.0 Å². The Morgan fingerprint density at radius 1 is 1.27 bits per heavy atom. The fraction of sp³-hybridized carbons (Fsp3) is 0.857. The maximum atomic E-state index is 14.1. The number of carbonyl (C=O) groups excluding carboxylic acids is 2. The molecule has 1 N–H and O–H groups in total. The second-order valence-corrected chi connectivity index (χ2v) is 6.46. The van der Waals surface area contributed by atoms with Crippen LogP contribution in [0.15, 0.2) is 0 Å². The number of halogens is 2. The topological polar surface area (TPSA) is 61.9 Å². The quantitative estimate of drug-likeness (QED) is 0.759. The molecule has 1 atom stereocenters. The Balaban J connectivity index is 1.69. The number of alkyl halides is 2. The predicted octanol–water partition coefficient (Wildman–Crippen LogP) is -0.307. The van der Waals surface area contributed by atoms with E-state index in [1.807, 2.05) is 4.90 Å². The molecule has 3 aliphatic rings. The molecular formula is C14H21F2N3O3. The molecule has 3 rings (SSSR count). The average molecular weight is 317 g/mol. The van der Waals surface area contributed by atoms with Gasteiger partial charge in [0.05, 0.1) is 31.7 Å².